The molecule has 1 N–H and O–H groups in total. The Bertz CT molecular complexity index is 754. The van der Waals surface area contributed by atoms with Crippen LogP contribution in [0.15, 0.2) is 33.9 Å². The molecule has 2 rings (SSSR count). The molecular formula is C15H18N4O4S. The van der Waals surface area contributed by atoms with Gasteiger partial charge in [0.1, 0.15) is 0 Å². The second-order valence-corrected chi connectivity index (χ2v) is 7.47. The van der Waals surface area contributed by atoms with Gasteiger partial charge >= 0.3 is 0 Å². The summed E-state index contributed by atoms with van der Waals surface area (Å²) in [4.78, 5) is 22.4. The van der Waals surface area contributed by atoms with E-state index in [1.807, 2.05) is 20.8 Å². The highest BCUT2D eigenvalue weighted by molar-refractivity contribution is 8.00. The second kappa shape index (κ2) is 7.00. The van der Waals surface area contributed by atoms with Crippen LogP contribution < -0.4 is 5.32 Å². The van der Waals surface area contributed by atoms with Crippen molar-refractivity contribution < 1.29 is 14.1 Å². The molecule has 1 amide bonds. The Kier molecular flexibility index (Phi) is 5.23. The van der Waals surface area contributed by atoms with E-state index < -0.39 is 10.2 Å². The van der Waals surface area contributed by atoms with Gasteiger partial charge in [0, 0.05) is 23.2 Å². The van der Waals surface area contributed by atoms with E-state index in [9.17, 15) is 14.9 Å². The molecule has 0 fully saturated rings. The lowest BCUT2D eigenvalue weighted by molar-refractivity contribution is -0.384. The first-order chi connectivity index (χ1) is 11.2. The number of amides is 1. The number of hydrogen-bond donors (Lipinski definition) is 1. The van der Waals surface area contributed by atoms with Crippen molar-refractivity contribution in [3.63, 3.8) is 0 Å². The zero-order valence-corrected chi connectivity index (χ0v) is 14.6. The van der Waals surface area contributed by atoms with Gasteiger partial charge in [0.2, 0.25) is 11.8 Å². The summed E-state index contributed by atoms with van der Waals surface area (Å²) in [5.41, 5.74) is 0.0719. The van der Waals surface area contributed by atoms with Gasteiger partial charge in [0.25, 0.3) is 10.9 Å². The molecule has 2 aromatic rings. The molecule has 24 heavy (non-hydrogen) atoms. The number of nitro groups is 1. The van der Waals surface area contributed by atoms with Crippen molar-refractivity contribution in [3.8, 4) is 11.5 Å². The summed E-state index contributed by atoms with van der Waals surface area (Å²) in [6, 6.07) is 5.93. The average Bonchev–Trinajstić information content (AvgIpc) is 2.94. The van der Waals surface area contributed by atoms with Gasteiger partial charge in [-0.1, -0.05) is 17.8 Å². The minimum atomic E-state index is -0.492. The normalized spacial score (nSPS) is 12.7. The van der Waals surface area contributed by atoms with Gasteiger partial charge in [-0.2, -0.15) is 0 Å². The van der Waals surface area contributed by atoms with E-state index in [1.165, 1.54) is 12.1 Å². The molecule has 0 spiro atoms. The largest absolute Gasteiger partial charge is 0.411 e. The molecule has 0 radical (unpaired) electrons. The maximum Gasteiger partial charge on any atom is 0.277 e. The summed E-state index contributed by atoms with van der Waals surface area (Å²) < 4.78 is 5.49. The maximum absolute atomic E-state index is 12.1. The molecule has 128 valence electrons. The van der Waals surface area contributed by atoms with Gasteiger partial charge in [-0.05, 0) is 33.8 Å². The topological polar surface area (TPSA) is 111 Å². The smallest absolute Gasteiger partial charge is 0.277 e. The standard InChI is InChI=1S/C15H18N4O4S/c1-9(12(20)16-15(2,3)4)24-14-18-17-13(23-14)10-6-5-7-11(8-10)19(21)22/h5-9H,1-4H3,(H,16,20)/t9-/m1/s1. The summed E-state index contributed by atoms with van der Waals surface area (Å²) in [6.07, 6.45) is 0. The Balaban J connectivity index is 2.09. The van der Waals surface area contributed by atoms with Crippen molar-refractivity contribution >= 4 is 23.4 Å². The summed E-state index contributed by atoms with van der Waals surface area (Å²) in [5, 5.41) is 21.3. The van der Waals surface area contributed by atoms with Crippen molar-refractivity contribution in [1.29, 1.82) is 0 Å². The Labute approximate surface area is 143 Å². The highest BCUT2D eigenvalue weighted by atomic mass is 32.2. The van der Waals surface area contributed by atoms with Gasteiger partial charge in [0.05, 0.1) is 10.2 Å². The minimum Gasteiger partial charge on any atom is -0.411 e. The molecule has 1 aromatic heterocycles. The Morgan fingerprint density at radius 3 is 2.71 bits per heavy atom. The highest BCUT2D eigenvalue weighted by Gasteiger charge is 2.22. The van der Waals surface area contributed by atoms with Gasteiger partial charge in [0.15, 0.2) is 0 Å². The summed E-state index contributed by atoms with van der Waals surface area (Å²) >= 11 is 1.13. The molecular weight excluding hydrogens is 332 g/mol. The molecule has 1 heterocycles. The number of carbonyl (C=O) groups is 1. The number of rotatable bonds is 5. The first-order valence-corrected chi connectivity index (χ1v) is 8.11. The number of nitrogens with one attached hydrogen (secondary N) is 1. The predicted molar refractivity (Wildman–Crippen MR) is 89.6 cm³/mol. The molecule has 0 aliphatic heterocycles. The van der Waals surface area contributed by atoms with E-state index in [1.54, 1.807) is 19.1 Å². The van der Waals surface area contributed by atoms with Gasteiger partial charge in [-0.3, -0.25) is 14.9 Å². The van der Waals surface area contributed by atoms with Crippen LogP contribution in [-0.2, 0) is 4.79 Å². The number of carbonyl (C=O) groups excluding carboxylic acids is 1. The van der Waals surface area contributed by atoms with Crippen LogP contribution in [0.1, 0.15) is 27.7 Å². The van der Waals surface area contributed by atoms with E-state index >= 15 is 0 Å². The van der Waals surface area contributed by atoms with Gasteiger partial charge in [-0.15, -0.1) is 10.2 Å². The monoisotopic (exact) mass is 350 g/mol. The molecule has 1 aromatic carbocycles. The molecule has 1 atom stereocenters. The molecule has 0 aliphatic rings. The van der Waals surface area contributed by atoms with Crippen molar-refractivity contribution in [2.45, 2.75) is 43.7 Å². The number of thioether (sulfide) groups is 1. The first kappa shape index (κ1) is 17.9. The molecule has 8 nitrogen and oxygen atoms in total. The number of non-ortho nitro benzene ring substituents is 1. The lowest BCUT2D eigenvalue weighted by Gasteiger charge is -2.22. The van der Waals surface area contributed by atoms with Crippen molar-refractivity contribution in [1.82, 2.24) is 15.5 Å². The molecule has 9 heteroatoms. The molecule has 0 saturated carbocycles. The number of aromatic nitrogens is 2. The van der Waals surface area contributed by atoms with Crippen LogP contribution in [0.2, 0.25) is 0 Å². The first-order valence-electron chi connectivity index (χ1n) is 7.23. The Morgan fingerprint density at radius 1 is 1.38 bits per heavy atom. The average molecular weight is 350 g/mol. The maximum atomic E-state index is 12.1. The lowest BCUT2D eigenvalue weighted by Crippen LogP contribution is -2.44. The number of nitrogens with zero attached hydrogens (tertiary/aromatic N) is 3. The zero-order chi connectivity index (χ0) is 17.9. The highest BCUT2D eigenvalue weighted by Crippen LogP contribution is 2.28. The van der Waals surface area contributed by atoms with Crippen molar-refractivity contribution in [2.75, 3.05) is 0 Å². The molecule has 0 saturated heterocycles. The molecule has 0 unspecified atom stereocenters. The third-order valence-electron chi connectivity index (χ3n) is 2.86. The van der Waals surface area contributed by atoms with Crippen molar-refractivity contribution in [3.05, 3.63) is 34.4 Å². The summed E-state index contributed by atoms with van der Waals surface area (Å²) in [7, 11) is 0. The van der Waals surface area contributed by atoms with E-state index in [0.717, 1.165) is 11.8 Å². The van der Waals surface area contributed by atoms with E-state index in [2.05, 4.69) is 15.5 Å². The lowest BCUT2D eigenvalue weighted by atomic mass is 10.1. The molecule has 0 aliphatic carbocycles. The van der Waals surface area contributed by atoms with Crippen LogP contribution in [0.5, 0.6) is 0 Å². The van der Waals surface area contributed by atoms with Crippen molar-refractivity contribution in [2.24, 2.45) is 0 Å². The number of benzene rings is 1. The number of nitro benzene ring substituents is 1. The SMILES string of the molecule is C[C@@H](Sc1nnc(-c2cccc([N+](=O)[O-])c2)o1)C(=O)NC(C)(C)C. The predicted octanol–water partition coefficient (Wildman–Crippen LogP) is 3.04. The quantitative estimate of drug-likeness (QED) is 0.501. The fourth-order valence-corrected chi connectivity index (χ4v) is 2.49. The van der Waals surface area contributed by atoms with Crippen LogP contribution in [0.3, 0.4) is 0 Å². The zero-order valence-electron chi connectivity index (χ0n) is 13.8. The Hall–Kier alpha value is -2.42. The minimum absolute atomic E-state index is 0.0576. The van der Waals surface area contributed by atoms with Gasteiger partial charge < -0.3 is 9.73 Å². The van der Waals surface area contributed by atoms with E-state index in [-0.39, 0.29) is 28.2 Å². The summed E-state index contributed by atoms with van der Waals surface area (Å²) in [5.74, 6) is 0.0345. The molecule has 0 bridgehead atoms. The third kappa shape index (κ3) is 4.79. The van der Waals surface area contributed by atoms with Crippen LogP contribution in [0.4, 0.5) is 5.69 Å². The fourth-order valence-electron chi connectivity index (χ4n) is 1.80. The van der Waals surface area contributed by atoms with Crippen LogP contribution in [0, 0.1) is 10.1 Å². The van der Waals surface area contributed by atoms with Crippen LogP contribution in [0.25, 0.3) is 11.5 Å². The second-order valence-electron chi connectivity index (χ2n) is 6.18. The van der Waals surface area contributed by atoms with E-state index in [4.69, 9.17) is 4.42 Å². The number of hydrogen-bond acceptors (Lipinski definition) is 7. The van der Waals surface area contributed by atoms with E-state index in [0.29, 0.717) is 5.56 Å². The third-order valence-corrected chi connectivity index (χ3v) is 3.79. The van der Waals surface area contributed by atoms with Crippen LogP contribution in [-0.4, -0.2) is 31.8 Å². The van der Waals surface area contributed by atoms with Gasteiger partial charge in [-0.25, -0.2) is 0 Å². The summed E-state index contributed by atoms with van der Waals surface area (Å²) in [6.45, 7) is 7.43. The Morgan fingerprint density at radius 2 is 2.08 bits per heavy atom. The fraction of sp³-hybridized carbons (Fsp3) is 0.400. The van der Waals surface area contributed by atoms with Crippen LogP contribution >= 0.6 is 11.8 Å².